The van der Waals surface area contributed by atoms with Crippen LogP contribution in [0.3, 0.4) is 0 Å². The fourth-order valence-electron chi connectivity index (χ4n) is 0.797. The molecular formula is C11H20O3S. The van der Waals surface area contributed by atoms with Crippen LogP contribution in [0.1, 0.15) is 13.8 Å². The van der Waals surface area contributed by atoms with E-state index in [2.05, 4.69) is 0 Å². The van der Waals surface area contributed by atoms with Crippen LogP contribution >= 0.6 is 11.3 Å². The molecule has 0 aliphatic rings. The predicted octanol–water partition coefficient (Wildman–Crippen LogP) is 2.82. The molecule has 0 amide bonds. The summed E-state index contributed by atoms with van der Waals surface area (Å²) in [5.74, 6) is 0.917. The third-order valence-corrected chi connectivity index (χ3v) is 2.08. The molecule has 0 aliphatic heterocycles. The second kappa shape index (κ2) is 11.5. The molecule has 0 aliphatic carbocycles. The summed E-state index contributed by atoms with van der Waals surface area (Å²) in [5, 5.41) is 3.95. The topological polar surface area (TPSA) is 27.7 Å². The first kappa shape index (κ1) is 14.4. The Labute approximate surface area is 96.0 Å². The molecule has 88 valence electrons. The van der Waals surface area contributed by atoms with Gasteiger partial charge in [-0.3, -0.25) is 0 Å². The van der Waals surface area contributed by atoms with Crippen molar-refractivity contribution in [3.8, 4) is 5.75 Å². The summed E-state index contributed by atoms with van der Waals surface area (Å²) < 4.78 is 15.4. The third-order valence-electron chi connectivity index (χ3n) is 1.42. The van der Waals surface area contributed by atoms with Gasteiger partial charge in [0.05, 0.1) is 19.8 Å². The molecule has 0 aromatic carbocycles. The number of methoxy groups -OCH3 is 1. The molecule has 0 saturated heterocycles. The van der Waals surface area contributed by atoms with Crippen LogP contribution in [0.25, 0.3) is 0 Å². The molecule has 0 atom stereocenters. The van der Waals surface area contributed by atoms with E-state index in [1.165, 1.54) is 0 Å². The molecule has 0 unspecified atom stereocenters. The maximum Gasteiger partial charge on any atom is 0.130 e. The zero-order valence-corrected chi connectivity index (χ0v) is 10.5. The van der Waals surface area contributed by atoms with Crippen LogP contribution in [0.4, 0.5) is 0 Å². The highest BCUT2D eigenvalue weighted by Crippen LogP contribution is 2.14. The largest absolute Gasteiger partial charge is 0.490 e. The Morgan fingerprint density at radius 3 is 2.47 bits per heavy atom. The lowest BCUT2D eigenvalue weighted by Gasteiger charge is -2.04. The summed E-state index contributed by atoms with van der Waals surface area (Å²) >= 11 is 1.63. The van der Waals surface area contributed by atoms with Gasteiger partial charge in [0.2, 0.25) is 0 Å². The second-order valence-corrected chi connectivity index (χ2v) is 3.19. The van der Waals surface area contributed by atoms with Crippen LogP contribution in [0.2, 0.25) is 0 Å². The van der Waals surface area contributed by atoms with E-state index in [4.69, 9.17) is 14.2 Å². The highest BCUT2D eigenvalue weighted by molar-refractivity contribution is 7.08. The van der Waals surface area contributed by atoms with Crippen molar-refractivity contribution in [3.63, 3.8) is 0 Å². The predicted molar refractivity (Wildman–Crippen MR) is 63.9 cm³/mol. The highest BCUT2D eigenvalue weighted by atomic mass is 32.1. The van der Waals surface area contributed by atoms with E-state index < -0.39 is 0 Å². The van der Waals surface area contributed by atoms with Crippen molar-refractivity contribution in [2.24, 2.45) is 0 Å². The standard InChI is InChI=1S/C9H14O3S.C2H6/c1-10-3-4-11-5-6-12-9-2-7-13-8-9;1-2/h2,7-8H,3-6H2,1H3;1-2H3. The van der Waals surface area contributed by atoms with Gasteiger partial charge in [-0.1, -0.05) is 13.8 Å². The molecule has 1 rings (SSSR count). The first-order valence-electron chi connectivity index (χ1n) is 5.15. The Bertz CT molecular complexity index is 200. The Morgan fingerprint density at radius 2 is 1.87 bits per heavy atom. The molecule has 0 fully saturated rings. The van der Waals surface area contributed by atoms with Crippen molar-refractivity contribution < 1.29 is 14.2 Å². The SMILES string of the molecule is CC.COCCOCCOc1ccsc1. The normalized spacial score (nSPS) is 9.27. The van der Waals surface area contributed by atoms with Crippen molar-refractivity contribution in [3.05, 3.63) is 16.8 Å². The Kier molecular flexibility index (Phi) is 11.1. The molecule has 0 radical (unpaired) electrons. The molecule has 0 bridgehead atoms. The van der Waals surface area contributed by atoms with E-state index >= 15 is 0 Å². The lowest BCUT2D eigenvalue weighted by molar-refractivity contribution is 0.0545. The smallest absolute Gasteiger partial charge is 0.130 e. The second-order valence-electron chi connectivity index (χ2n) is 2.41. The molecule has 15 heavy (non-hydrogen) atoms. The Hall–Kier alpha value is -0.580. The highest BCUT2D eigenvalue weighted by Gasteiger charge is 1.92. The van der Waals surface area contributed by atoms with E-state index in [9.17, 15) is 0 Å². The van der Waals surface area contributed by atoms with Gasteiger partial charge >= 0.3 is 0 Å². The molecule has 3 nitrogen and oxygen atoms in total. The number of hydrogen-bond acceptors (Lipinski definition) is 4. The average molecular weight is 232 g/mol. The zero-order chi connectivity index (χ0) is 11.4. The van der Waals surface area contributed by atoms with E-state index in [1.807, 2.05) is 30.7 Å². The average Bonchev–Trinajstić information content (AvgIpc) is 2.79. The number of ether oxygens (including phenoxy) is 3. The Morgan fingerprint density at radius 1 is 1.13 bits per heavy atom. The van der Waals surface area contributed by atoms with Gasteiger partial charge in [-0.2, -0.15) is 0 Å². The van der Waals surface area contributed by atoms with Gasteiger partial charge in [-0.25, -0.2) is 0 Å². The maximum absolute atomic E-state index is 5.37. The quantitative estimate of drug-likeness (QED) is 0.677. The third kappa shape index (κ3) is 8.42. The molecule has 1 aromatic rings. The van der Waals surface area contributed by atoms with Crippen molar-refractivity contribution in [1.29, 1.82) is 0 Å². The minimum absolute atomic E-state index is 0.598. The van der Waals surface area contributed by atoms with Crippen LogP contribution in [0, 0.1) is 0 Å². The minimum atomic E-state index is 0.598. The van der Waals surface area contributed by atoms with Crippen LogP contribution in [0.5, 0.6) is 5.75 Å². The summed E-state index contributed by atoms with van der Waals surface area (Å²) in [6, 6.07) is 1.94. The monoisotopic (exact) mass is 232 g/mol. The number of rotatable bonds is 7. The van der Waals surface area contributed by atoms with Gasteiger partial charge in [0.1, 0.15) is 12.4 Å². The van der Waals surface area contributed by atoms with Gasteiger partial charge in [0.15, 0.2) is 0 Å². The van der Waals surface area contributed by atoms with Gasteiger partial charge < -0.3 is 14.2 Å². The summed E-state index contributed by atoms with van der Waals surface area (Å²) in [6.45, 7) is 6.47. The van der Waals surface area contributed by atoms with Crippen molar-refractivity contribution in [2.45, 2.75) is 13.8 Å². The fraction of sp³-hybridized carbons (Fsp3) is 0.636. The number of thiophene rings is 1. The van der Waals surface area contributed by atoms with Gasteiger partial charge in [0.25, 0.3) is 0 Å². The van der Waals surface area contributed by atoms with Gasteiger partial charge in [-0.15, -0.1) is 11.3 Å². The maximum atomic E-state index is 5.37. The lowest BCUT2D eigenvalue weighted by Crippen LogP contribution is -2.09. The van der Waals surface area contributed by atoms with Crippen molar-refractivity contribution in [2.75, 3.05) is 33.5 Å². The van der Waals surface area contributed by atoms with Gasteiger partial charge in [-0.05, 0) is 11.4 Å². The van der Waals surface area contributed by atoms with Crippen molar-refractivity contribution in [1.82, 2.24) is 0 Å². The first-order valence-corrected chi connectivity index (χ1v) is 6.09. The van der Waals surface area contributed by atoms with Crippen molar-refractivity contribution >= 4 is 11.3 Å². The molecular weight excluding hydrogens is 212 g/mol. The molecule has 0 N–H and O–H groups in total. The molecule has 4 heteroatoms. The number of hydrogen-bond donors (Lipinski definition) is 0. The minimum Gasteiger partial charge on any atom is -0.490 e. The van der Waals surface area contributed by atoms with E-state index in [0.29, 0.717) is 26.4 Å². The molecule has 0 saturated carbocycles. The summed E-state index contributed by atoms with van der Waals surface area (Å²) in [5.41, 5.74) is 0. The van der Waals surface area contributed by atoms with Crippen LogP contribution < -0.4 is 4.74 Å². The molecule has 1 heterocycles. The van der Waals surface area contributed by atoms with Crippen LogP contribution in [0.15, 0.2) is 16.8 Å². The Balaban J connectivity index is 0.000000921. The lowest BCUT2D eigenvalue weighted by atomic mass is 10.6. The molecule has 1 aromatic heterocycles. The summed E-state index contributed by atoms with van der Waals surface area (Å²) in [4.78, 5) is 0. The summed E-state index contributed by atoms with van der Waals surface area (Å²) in [7, 11) is 1.66. The summed E-state index contributed by atoms with van der Waals surface area (Å²) in [6.07, 6.45) is 0. The molecule has 0 spiro atoms. The van der Waals surface area contributed by atoms with E-state index in [0.717, 1.165) is 5.75 Å². The fourth-order valence-corrected chi connectivity index (χ4v) is 1.37. The zero-order valence-electron chi connectivity index (χ0n) is 9.69. The first-order chi connectivity index (χ1) is 7.43. The van der Waals surface area contributed by atoms with E-state index in [1.54, 1.807) is 18.4 Å². The van der Waals surface area contributed by atoms with Crippen LogP contribution in [-0.2, 0) is 9.47 Å². The van der Waals surface area contributed by atoms with Crippen LogP contribution in [-0.4, -0.2) is 33.5 Å². The van der Waals surface area contributed by atoms with E-state index in [-0.39, 0.29) is 0 Å². The van der Waals surface area contributed by atoms with Gasteiger partial charge in [0, 0.05) is 12.5 Å².